The third kappa shape index (κ3) is 7.11. The second kappa shape index (κ2) is 8.00. The van der Waals surface area contributed by atoms with Crippen molar-refractivity contribution >= 4 is 17.8 Å². The van der Waals surface area contributed by atoms with E-state index in [1.807, 2.05) is 13.8 Å². The molecule has 6 heteroatoms. The largest absolute Gasteiger partial charge is 0.481 e. The minimum atomic E-state index is -0.931. The predicted octanol–water partition coefficient (Wildman–Crippen LogP) is 1.69. The number of carboxylic acid groups (broad SMARTS) is 1. The normalized spacial score (nSPS) is 11.9. The van der Waals surface area contributed by atoms with Crippen LogP contribution in [0.25, 0.3) is 0 Å². The van der Waals surface area contributed by atoms with Gasteiger partial charge in [-0.2, -0.15) is 0 Å². The number of amides is 2. The summed E-state index contributed by atoms with van der Waals surface area (Å²) < 4.78 is 0. The van der Waals surface area contributed by atoms with Crippen LogP contribution < -0.4 is 10.6 Å². The van der Waals surface area contributed by atoms with Crippen molar-refractivity contribution in [1.29, 1.82) is 0 Å². The van der Waals surface area contributed by atoms with Crippen LogP contribution in [0.2, 0.25) is 0 Å². The van der Waals surface area contributed by atoms with Crippen molar-refractivity contribution in [2.24, 2.45) is 5.41 Å². The van der Waals surface area contributed by atoms with E-state index in [0.29, 0.717) is 12.8 Å². The van der Waals surface area contributed by atoms with Crippen molar-refractivity contribution in [3.8, 4) is 0 Å². The minimum Gasteiger partial charge on any atom is -0.481 e. The molecule has 0 unspecified atom stereocenters. The zero-order chi connectivity index (χ0) is 16.7. The lowest BCUT2D eigenvalue weighted by atomic mass is 9.89. The highest BCUT2D eigenvalue weighted by atomic mass is 16.4. The van der Waals surface area contributed by atoms with E-state index >= 15 is 0 Å². The highest BCUT2D eigenvalue weighted by molar-refractivity contribution is 5.82. The summed E-state index contributed by atoms with van der Waals surface area (Å²) in [6, 6.07) is 0. The average Bonchev–Trinajstić information content (AvgIpc) is 2.36. The third-order valence-electron chi connectivity index (χ3n) is 3.57. The predicted molar refractivity (Wildman–Crippen MR) is 80.8 cm³/mol. The topological polar surface area (TPSA) is 95.5 Å². The number of nitrogens with one attached hydrogen (secondary N) is 2. The minimum absolute atomic E-state index is 0.0971. The molecule has 122 valence electrons. The Bertz CT molecular complexity index is 382. The summed E-state index contributed by atoms with van der Waals surface area (Å²) in [5.74, 6) is -1.28. The van der Waals surface area contributed by atoms with Crippen LogP contribution in [-0.4, -0.2) is 35.0 Å². The highest BCUT2D eigenvalue weighted by Crippen LogP contribution is 2.20. The van der Waals surface area contributed by atoms with Gasteiger partial charge in [0, 0.05) is 23.9 Å². The molecule has 0 bridgehead atoms. The Morgan fingerprint density at radius 3 is 1.95 bits per heavy atom. The maximum atomic E-state index is 11.9. The van der Waals surface area contributed by atoms with Crippen LogP contribution in [0.15, 0.2) is 0 Å². The van der Waals surface area contributed by atoms with Crippen LogP contribution >= 0.6 is 0 Å². The molecule has 0 rings (SSSR count). The summed E-state index contributed by atoms with van der Waals surface area (Å²) >= 11 is 0. The van der Waals surface area contributed by atoms with Crippen LogP contribution in [0.3, 0.4) is 0 Å². The molecule has 0 heterocycles. The van der Waals surface area contributed by atoms with Crippen molar-refractivity contribution < 1.29 is 19.5 Å². The first kappa shape index (κ1) is 19.4. The van der Waals surface area contributed by atoms with Gasteiger partial charge in [-0.15, -0.1) is 0 Å². The molecule has 0 aromatic rings. The molecule has 0 atom stereocenters. The maximum absolute atomic E-state index is 11.9. The number of hydrogen-bond donors (Lipinski definition) is 3. The Labute approximate surface area is 126 Å². The first-order chi connectivity index (χ1) is 9.56. The van der Waals surface area contributed by atoms with Crippen molar-refractivity contribution in [1.82, 2.24) is 10.6 Å². The zero-order valence-electron chi connectivity index (χ0n) is 13.7. The monoisotopic (exact) mass is 300 g/mol. The van der Waals surface area contributed by atoms with Crippen LogP contribution in [0, 0.1) is 5.41 Å². The van der Waals surface area contributed by atoms with Crippen LogP contribution in [-0.2, 0) is 14.4 Å². The lowest BCUT2D eigenvalue weighted by molar-refractivity contribution is -0.139. The standard InChI is InChI=1S/C15H28N2O4/c1-6-15(7-2,10-12(19)20)17-11(18)8-9-16-13(21)14(3,4)5/h6-10H2,1-5H3,(H,16,21)(H,17,18)(H,19,20). The Kier molecular flexibility index (Phi) is 7.39. The van der Waals surface area contributed by atoms with Crippen LogP contribution in [0.4, 0.5) is 0 Å². The fraction of sp³-hybridized carbons (Fsp3) is 0.800. The molecule has 0 aromatic carbocycles. The Morgan fingerprint density at radius 2 is 1.57 bits per heavy atom. The highest BCUT2D eigenvalue weighted by Gasteiger charge is 2.30. The second-order valence-electron chi connectivity index (χ2n) is 6.36. The quantitative estimate of drug-likeness (QED) is 0.635. The Morgan fingerprint density at radius 1 is 1.05 bits per heavy atom. The van der Waals surface area contributed by atoms with Crippen LogP contribution in [0.5, 0.6) is 0 Å². The molecule has 21 heavy (non-hydrogen) atoms. The summed E-state index contributed by atoms with van der Waals surface area (Å²) in [6.07, 6.45) is 1.15. The van der Waals surface area contributed by atoms with E-state index in [2.05, 4.69) is 10.6 Å². The van der Waals surface area contributed by atoms with Gasteiger partial charge >= 0.3 is 5.97 Å². The van der Waals surface area contributed by atoms with Gasteiger partial charge in [0.25, 0.3) is 0 Å². The number of carboxylic acids is 1. The molecule has 0 fully saturated rings. The summed E-state index contributed by atoms with van der Waals surface area (Å²) in [4.78, 5) is 34.5. The molecule has 0 aliphatic carbocycles. The molecule has 0 aromatic heterocycles. The molecule has 0 saturated carbocycles. The molecule has 0 aliphatic rings. The lowest BCUT2D eigenvalue weighted by Crippen LogP contribution is -2.49. The number of carbonyl (C=O) groups excluding carboxylic acids is 2. The molecule has 3 N–H and O–H groups in total. The molecular formula is C15H28N2O4. The van der Waals surface area contributed by atoms with E-state index in [1.54, 1.807) is 20.8 Å². The van der Waals surface area contributed by atoms with Crippen molar-refractivity contribution in [2.45, 2.75) is 65.8 Å². The van der Waals surface area contributed by atoms with Gasteiger partial charge in [-0.25, -0.2) is 0 Å². The number of carbonyl (C=O) groups is 3. The molecule has 0 spiro atoms. The van der Waals surface area contributed by atoms with Gasteiger partial charge in [0.05, 0.1) is 6.42 Å². The number of hydrogen-bond acceptors (Lipinski definition) is 3. The van der Waals surface area contributed by atoms with Gasteiger partial charge in [0.2, 0.25) is 11.8 Å². The number of aliphatic carboxylic acids is 1. The second-order valence-corrected chi connectivity index (χ2v) is 6.36. The summed E-state index contributed by atoms with van der Waals surface area (Å²) in [7, 11) is 0. The van der Waals surface area contributed by atoms with Crippen molar-refractivity contribution in [3.63, 3.8) is 0 Å². The molecular weight excluding hydrogens is 272 g/mol. The van der Waals surface area contributed by atoms with E-state index in [4.69, 9.17) is 5.11 Å². The average molecular weight is 300 g/mol. The summed E-state index contributed by atoms with van der Waals surface area (Å²) in [5, 5.41) is 14.5. The summed E-state index contributed by atoms with van der Waals surface area (Å²) in [5.41, 5.74) is -1.20. The van der Waals surface area contributed by atoms with Crippen LogP contribution in [0.1, 0.15) is 60.3 Å². The smallest absolute Gasteiger partial charge is 0.305 e. The van der Waals surface area contributed by atoms with Gasteiger partial charge < -0.3 is 15.7 Å². The fourth-order valence-electron chi connectivity index (χ4n) is 1.92. The van der Waals surface area contributed by atoms with E-state index in [-0.39, 0.29) is 31.2 Å². The van der Waals surface area contributed by atoms with Crippen molar-refractivity contribution in [3.05, 3.63) is 0 Å². The zero-order valence-corrected chi connectivity index (χ0v) is 13.7. The molecule has 0 radical (unpaired) electrons. The Hall–Kier alpha value is -1.59. The van der Waals surface area contributed by atoms with E-state index in [1.165, 1.54) is 0 Å². The van der Waals surface area contributed by atoms with Crippen molar-refractivity contribution in [2.75, 3.05) is 6.54 Å². The number of rotatable bonds is 8. The fourth-order valence-corrected chi connectivity index (χ4v) is 1.92. The van der Waals surface area contributed by atoms with Gasteiger partial charge in [-0.3, -0.25) is 14.4 Å². The van der Waals surface area contributed by atoms with E-state index in [0.717, 1.165) is 0 Å². The van der Waals surface area contributed by atoms with Gasteiger partial charge in [0.15, 0.2) is 0 Å². The third-order valence-corrected chi connectivity index (χ3v) is 3.57. The first-order valence-electron chi connectivity index (χ1n) is 7.37. The van der Waals surface area contributed by atoms with Gasteiger partial charge in [-0.05, 0) is 12.8 Å². The Balaban J connectivity index is 4.40. The first-order valence-corrected chi connectivity index (χ1v) is 7.37. The molecule has 0 saturated heterocycles. The van der Waals surface area contributed by atoms with Gasteiger partial charge in [-0.1, -0.05) is 34.6 Å². The molecule has 0 aliphatic heterocycles. The molecule has 2 amide bonds. The SMILES string of the molecule is CCC(CC)(CC(=O)O)NC(=O)CCNC(=O)C(C)(C)C. The van der Waals surface area contributed by atoms with Gasteiger partial charge in [0.1, 0.15) is 0 Å². The van der Waals surface area contributed by atoms with E-state index in [9.17, 15) is 14.4 Å². The summed E-state index contributed by atoms with van der Waals surface area (Å²) in [6.45, 7) is 9.36. The lowest BCUT2D eigenvalue weighted by Gasteiger charge is -2.31. The molecule has 6 nitrogen and oxygen atoms in total. The van der Waals surface area contributed by atoms with E-state index < -0.39 is 16.9 Å². The maximum Gasteiger partial charge on any atom is 0.305 e.